The lowest BCUT2D eigenvalue weighted by atomic mass is 9.93. The molecular weight excluding hydrogens is 236 g/mol. The zero-order valence-electron chi connectivity index (χ0n) is 12.9. The molecule has 0 bridgehead atoms. The molecule has 0 aliphatic heterocycles. The molecule has 108 valence electrons. The van der Waals surface area contributed by atoms with Crippen LogP contribution in [0.3, 0.4) is 0 Å². The number of nitrogens with one attached hydrogen (secondary N) is 1. The molecule has 1 unspecified atom stereocenters. The Balaban J connectivity index is 2.69. The van der Waals surface area contributed by atoms with Crippen molar-refractivity contribution in [2.75, 3.05) is 7.11 Å². The Hall–Kier alpha value is -0.900. The Bertz CT molecular complexity index is 371. The van der Waals surface area contributed by atoms with Crippen molar-refractivity contribution >= 4 is 0 Å². The topological polar surface area (TPSA) is 47.3 Å². The van der Waals surface area contributed by atoms with Crippen molar-refractivity contribution in [3.8, 4) is 0 Å². The second-order valence-electron chi connectivity index (χ2n) is 6.04. The average Bonchev–Trinajstić information content (AvgIpc) is 2.40. The van der Waals surface area contributed by atoms with E-state index in [1.165, 1.54) is 11.1 Å². The quantitative estimate of drug-likeness (QED) is 0.585. The second kappa shape index (κ2) is 7.04. The fourth-order valence-corrected chi connectivity index (χ4v) is 2.05. The maximum absolute atomic E-state index is 5.68. The van der Waals surface area contributed by atoms with E-state index in [-0.39, 0.29) is 11.6 Å². The van der Waals surface area contributed by atoms with Crippen LogP contribution in [-0.4, -0.2) is 12.7 Å². The van der Waals surface area contributed by atoms with E-state index in [9.17, 15) is 0 Å². The lowest BCUT2D eigenvalue weighted by Gasteiger charge is -2.26. The fraction of sp³-hybridized carbons (Fsp3) is 0.625. The van der Waals surface area contributed by atoms with Crippen LogP contribution in [0.2, 0.25) is 0 Å². The third kappa shape index (κ3) is 4.94. The zero-order valence-corrected chi connectivity index (χ0v) is 12.9. The van der Waals surface area contributed by atoms with Crippen LogP contribution in [0.5, 0.6) is 0 Å². The Morgan fingerprint density at radius 1 is 1.16 bits per heavy atom. The van der Waals surface area contributed by atoms with Gasteiger partial charge in [-0.2, -0.15) is 0 Å². The van der Waals surface area contributed by atoms with Crippen LogP contribution in [-0.2, 0) is 4.74 Å². The first kappa shape index (κ1) is 16.2. The van der Waals surface area contributed by atoms with E-state index in [1.54, 1.807) is 7.11 Å². The normalized spacial score (nSPS) is 13.8. The molecule has 0 saturated heterocycles. The molecular formula is C16H28N2O. The first-order valence-electron chi connectivity index (χ1n) is 7.00. The molecule has 3 heteroatoms. The fourth-order valence-electron chi connectivity index (χ4n) is 2.05. The summed E-state index contributed by atoms with van der Waals surface area (Å²) in [4.78, 5) is 0. The van der Waals surface area contributed by atoms with Crippen molar-refractivity contribution in [1.29, 1.82) is 0 Å². The van der Waals surface area contributed by atoms with Gasteiger partial charge in [-0.25, -0.2) is 0 Å². The predicted octanol–water partition coefficient (Wildman–Crippen LogP) is 3.52. The number of rotatable bonds is 7. The van der Waals surface area contributed by atoms with E-state index in [1.807, 2.05) is 0 Å². The standard InChI is InChI=1S/C16H28N2O/c1-12(2)13-6-8-14(9-7-13)15(18-17)10-11-16(3,4)19-5/h6-9,12,15,18H,10-11,17H2,1-5H3. The van der Waals surface area contributed by atoms with E-state index in [0.29, 0.717) is 5.92 Å². The van der Waals surface area contributed by atoms with Gasteiger partial charge in [-0.05, 0) is 43.7 Å². The van der Waals surface area contributed by atoms with Crippen LogP contribution < -0.4 is 11.3 Å². The van der Waals surface area contributed by atoms with Gasteiger partial charge >= 0.3 is 0 Å². The SMILES string of the molecule is COC(C)(C)CCC(NN)c1ccc(C(C)C)cc1. The minimum absolute atomic E-state index is 0.104. The van der Waals surface area contributed by atoms with Crippen LogP contribution in [0.15, 0.2) is 24.3 Å². The van der Waals surface area contributed by atoms with Crippen molar-refractivity contribution in [2.24, 2.45) is 5.84 Å². The third-order valence-corrected chi connectivity index (χ3v) is 3.79. The molecule has 0 saturated carbocycles. The summed E-state index contributed by atoms with van der Waals surface area (Å²) >= 11 is 0. The molecule has 1 atom stereocenters. The third-order valence-electron chi connectivity index (χ3n) is 3.79. The lowest BCUT2D eigenvalue weighted by molar-refractivity contribution is 0.0117. The Labute approximate surface area is 117 Å². The van der Waals surface area contributed by atoms with Gasteiger partial charge in [-0.3, -0.25) is 11.3 Å². The molecule has 0 fully saturated rings. The van der Waals surface area contributed by atoms with Gasteiger partial charge in [-0.1, -0.05) is 38.1 Å². The number of hydrogen-bond donors (Lipinski definition) is 2. The molecule has 3 nitrogen and oxygen atoms in total. The summed E-state index contributed by atoms with van der Waals surface area (Å²) in [5.41, 5.74) is 5.40. The highest BCUT2D eigenvalue weighted by Crippen LogP contribution is 2.25. The van der Waals surface area contributed by atoms with E-state index in [0.717, 1.165) is 12.8 Å². The van der Waals surface area contributed by atoms with Crippen LogP contribution >= 0.6 is 0 Å². The van der Waals surface area contributed by atoms with Crippen LogP contribution in [0.1, 0.15) is 63.6 Å². The Kier molecular flexibility index (Phi) is 5.98. The van der Waals surface area contributed by atoms with Gasteiger partial charge in [0.15, 0.2) is 0 Å². The van der Waals surface area contributed by atoms with Gasteiger partial charge in [0.1, 0.15) is 0 Å². The van der Waals surface area contributed by atoms with Gasteiger partial charge in [-0.15, -0.1) is 0 Å². The molecule has 1 aromatic carbocycles. The number of benzene rings is 1. The predicted molar refractivity (Wildman–Crippen MR) is 80.9 cm³/mol. The van der Waals surface area contributed by atoms with Crippen molar-refractivity contribution in [3.05, 3.63) is 35.4 Å². The molecule has 0 heterocycles. The zero-order chi connectivity index (χ0) is 14.5. The summed E-state index contributed by atoms with van der Waals surface area (Å²) in [5, 5.41) is 0. The molecule has 0 aliphatic rings. The molecule has 0 aromatic heterocycles. The molecule has 1 rings (SSSR count). The van der Waals surface area contributed by atoms with Crippen molar-refractivity contribution in [3.63, 3.8) is 0 Å². The van der Waals surface area contributed by atoms with Crippen LogP contribution in [0.25, 0.3) is 0 Å². The Morgan fingerprint density at radius 3 is 2.11 bits per heavy atom. The van der Waals surface area contributed by atoms with Gasteiger partial charge in [0.2, 0.25) is 0 Å². The molecule has 0 aliphatic carbocycles. The monoisotopic (exact) mass is 264 g/mol. The first-order chi connectivity index (χ1) is 8.89. The molecule has 19 heavy (non-hydrogen) atoms. The van der Waals surface area contributed by atoms with Gasteiger partial charge in [0, 0.05) is 13.2 Å². The minimum atomic E-state index is -0.104. The van der Waals surface area contributed by atoms with E-state index in [4.69, 9.17) is 10.6 Å². The number of hydrazine groups is 1. The van der Waals surface area contributed by atoms with E-state index in [2.05, 4.69) is 57.4 Å². The number of methoxy groups -OCH3 is 1. The number of nitrogens with two attached hydrogens (primary N) is 1. The molecule has 0 radical (unpaired) electrons. The van der Waals surface area contributed by atoms with Crippen LogP contribution in [0, 0.1) is 0 Å². The van der Waals surface area contributed by atoms with Crippen molar-refractivity contribution < 1.29 is 4.74 Å². The highest BCUT2D eigenvalue weighted by atomic mass is 16.5. The molecule has 0 spiro atoms. The number of hydrogen-bond acceptors (Lipinski definition) is 3. The van der Waals surface area contributed by atoms with E-state index >= 15 is 0 Å². The number of ether oxygens (including phenoxy) is 1. The van der Waals surface area contributed by atoms with Crippen molar-refractivity contribution in [2.45, 2.75) is 58.1 Å². The summed E-state index contributed by atoms with van der Waals surface area (Å²) in [6.45, 7) is 8.61. The average molecular weight is 264 g/mol. The van der Waals surface area contributed by atoms with Crippen LogP contribution in [0.4, 0.5) is 0 Å². The highest BCUT2D eigenvalue weighted by molar-refractivity contribution is 5.26. The van der Waals surface area contributed by atoms with Gasteiger partial charge < -0.3 is 4.74 Å². The molecule has 3 N–H and O–H groups in total. The highest BCUT2D eigenvalue weighted by Gasteiger charge is 2.19. The maximum Gasteiger partial charge on any atom is 0.0623 e. The second-order valence-corrected chi connectivity index (χ2v) is 6.04. The van der Waals surface area contributed by atoms with E-state index < -0.39 is 0 Å². The maximum atomic E-state index is 5.68. The summed E-state index contributed by atoms with van der Waals surface area (Å²) in [5.74, 6) is 6.24. The summed E-state index contributed by atoms with van der Waals surface area (Å²) < 4.78 is 5.45. The summed E-state index contributed by atoms with van der Waals surface area (Å²) in [7, 11) is 1.75. The Morgan fingerprint density at radius 2 is 1.68 bits per heavy atom. The van der Waals surface area contributed by atoms with Gasteiger partial charge in [0.25, 0.3) is 0 Å². The largest absolute Gasteiger partial charge is 0.379 e. The summed E-state index contributed by atoms with van der Waals surface area (Å²) in [6.07, 6.45) is 1.92. The van der Waals surface area contributed by atoms with Gasteiger partial charge in [0.05, 0.1) is 5.60 Å². The first-order valence-corrected chi connectivity index (χ1v) is 7.00. The smallest absolute Gasteiger partial charge is 0.0623 e. The summed E-state index contributed by atoms with van der Waals surface area (Å²) in [6, 6.07) is 8.88. The molecule has 1 aromatic rings. The minimum Gasteiger partial charge on any atom is -0.379 e. The lowest BCUT2D eigenvalue weighted by Crippen LogP contribution is -2.31. The van der Waals surface area contributed by atoms with Crippen molar-refractivity contribution in [1.82, 2.24) is 5.43 Å². The molecule has 0 amide bonds.